The van der Waals surface area contributed by atoms with Gasteiger partial charge in [-0.2, -0.15) is 0 Å². The topological polar surface area (TPSA) is 108 Å². The number of nitrogens with two attached hydrogens (primary N) is 1. The summed E-state index contributed by atoms with van der Waals surface area (Å²) in [5.41, 5.74) is 5.87. The van der Waals surface area contributed by atoms with Gasteiger partial charge in [-0.3, -0.25) is 9.59 Å². The smallest absolute Gasteiger partial charge is 0.312 e. The molecule has 3 rings (SSSR count). The highest BCUT2D eigenvalue weighted by molar-refractivity contribution is 7.18. The van der Waals surface area contributed by atoms with Gasteiger partial charge in [-0.25, -0.2) is 4.79 Å². The summed E-state index contributed by atoms with van der Waals surface area (Å²) in [7, 11) is 0. The molecule has 1 atom stereocenters. The molecule has 0 bridgehead atoms. The van der Waals surface area contributed by atoms with Crippen LogP contribution in [0, 0.1) is 0 Å². The van der Waals surface area contributed by atoms with E-state index in [2.05, 4.69) is 5.32 Å². The first-order valence-electron chi connectivity index (χ1n) is 9.23. The summed E-state index contributed by atoms with van der Waals surface area (Å²) in [6, 6.07) is 17.7. The summed E-state index contributed by atoms with van der Waals surface area (Å²) in [6.07, 6.45) is -0.212. The standard InChI is InChI=1S/C22H19ClN2O5S/c23-20-10-9-19(31-20)18(26)13-29-21(27)12-17(25-22(24)28)14-5-4-8-16(11-14)30-15-6-2-1-3-7-15/h1-11,17H,12-13H2,(H3,24,25,28)/t17-/m0/s1. The number of ketones is 1. The molecule has 0 spiro atoms. The molecular weight excluding hydrogens is 440 g/mol. The van der Waals surface area contributed by atoms with E-state index in [1.165, 1.54) is 0 Å². The number of Topliss-reactive ketones (excluding diaryl/α,β-unsaturated/α-hetero) is 1. The lowest BCUT2D eigenvalue weighted by atomic mass is 10.0. The normalized spacial score (nSPS) is 11.4. The number of hydrogen-bond donors (Lipinski definition) is 2. The Hall–Kier alpha value is -3.36. The van der Waals surface area contributed by atoms with Crippen LogP contribution < -0.4 is 15.8 Å². The van der Waals surface area contributed by atoms with Crippen LogP contribution in [-0.2, 0) is 9.53 Å². The monoisotopic (exact) mass is 458 g/mol. The van der Waals surface area contributed by atoms with E-state index in [0.29, 0.717) is 26.3 Å². The van der Waals surface area contributed by atoms with Crippen molar-refractivity contribution in [3.63, 3.8) is 0 Å². The summed E-state index contributed by atoms with van der Waals surface area (Å²) in [5, 5.41) is 2.52. The molecule has 0 aliphatic rings. The van der Waals surface area contributed by atoms with Crippen LogP contribution in [-0.4, -0.2) is 24.4 Å². The fourth-order valence-electron chi connectivity index (χ4n) is 2.75. The Balaban J connectivity index is 1.65. The molecule has 1 heterocycles. The van der Waals surface area contributed by atoms with Gasteiger partial charge in [0.1, 0.15) is 11.5 Å². The molecule has 2 aromatic carbocycles. The first-order valence-corrected chi connectivity index (χ1v) is 10.4. The van der Waals surface area contributed by atoms with E-state index < -0.39 is 24.6 Å². The number of urea groups is 1. The molecule has 0 aliphatic carbocycles. The van der Waals surface area contributed by atoms with Crippen molar-refractivity contribution in [1.82, 2.24) is 5.32 Å². The summed E-state index contributed by atoms with van der Waals surface area (Å²) >= 11 is 6.92. The quantitative estimate of drug-likeness (QED) is 0.356. The molecule has 31 heavy (non-hydrogen) atoms. The van der Waals surface area contributed by atoms with Crippen LogP contribution in [0.15, 0.2) is 66.7 Å². The number of hydrogen-bond acceptors (Lipinski definition) is 6. The summed E-state index contributed by atoms with van der Waals surface area (Å²) in [6.45, 7) is -0.421. The number of halogens is 1. The Morgan fingerprint density at radius 2 is 1.74 bits per heavy atom. The average molecular weight is 459 g/mol. The van der Waals surface area contributed by atoms with Gasteiger partial charge < -0.3 is 20.5 Å². The maximum atomic E-state index is 12.3. The Kier molecular flexibility index (Phi) is 7.64. The minimum absolute atomic E-state index is 0.212. The number of ether oxygens (including phenoxy) is 2. The average Bonchev–Trinajstić information content (AvgIpc) is 3.18. The van der Waals surface area contributed by atoms with Crippen molar-refractivity contribution < 1.29 is 23.9 Å². The van der Waals surface area contributed by atoms with Crippen molar-refractivity contribution in [3.8, 4) is 11.5 Å². The van der Waals surface area contributed by atoms with E-state index in [0.717, 1.165) is 11.3 Å². The molecular formula is C22H19ClN2O5S. The third kappa shape index (κ3) is 6.84. The van der Waals surface area contributed by atoms with E-state index in [1.54, 1.807) is 48.5 Å². The van der Waals surface area contributed by atoms with Crippen molar-refractivity contribution in [2.45, 2.75) is 12.5 Å². The zero-order valence-electron chi connectivity index (χ0n) is 16.2. The fraction of sp³-hybridized carbons (Fsp3) is 0.136. The summed E-state index contributed by atoms with van der Waals surface area (Å²) in [5.74, 6) is 0.149. The molecule has 7 nitrogen and oxygen atoms in total. The largest absolute Gasteiger partial charge is 0.457 e. The van der Waals surface area contributed by atoms with Gasteiger partial charge in [-0.05, 0) is 42.0 Å². The molecule has 1 aromatic heterocycles. The highest BCUT2D eigenvalue weighted by atomic mass is 35.5. The Morgan fingerprint density at radius 3 is 2.42 bits per heavy atom. The van der Waals surface area contributed by atoms with Crippen molar-refractivity contribution in [3.05, 3.63) is 81.5 Å². The zero-order valence-corrected chi connectivity index (χ0v) is 17.8. The highest BCUT2D eigenvalue weighted by Crippen LogP contribution is 2.26. The molecule has 0 aliphatic heterocycles. The predicted octanol–water partition coefficient (Wildman–Crippen LogP) is 4.72. The lowest BCUT2D eigenvalue weighted by Crippen LogP contribution is -2.34. The number of nitrogens with one attached hydrogen (secondary N) is 1. The number of carbonyl (C=O) groups excluding carboxylic acids is 3. The molecule has 0 radical (unpaired) electrons. The second-order valence-electron chi connectivity index (χ2n) is 6.44. The molecule has 3 N–H and O–H groups in total. The Bertz CT molecular complexity index is 1070. The van der Waals surface area contributed by atoms with Gasteiger partial charge in [-0.15, -0.1) is 11.3 Å². The molecule has 0 unspecified atom stereocenters. The Labute approximate surface area is 187 Å². The van der Waals surface area contributed by atoms with Crippen LogP contribution in [0.4, 0.5) is 4.79 Å². The van der Waals surface area contributed by atoms with Gasteiger partial charge in [0.2, 0.25) is 5.78 Å². The maximum absolute atomic E-state index is 12.3. The highest BCUT2D eigenvalue weighted by Gasteiger charge is 2.20. The van der Waals surface area contributed by atoms with Gasteiger partial charge in [-0.1, -0.05) is 41.9 Å². The molecule has 0 fully saturated rings. The van der Waals surface area contributed by atoms with Gasteiger partial charge in [0.25, 0.3) is 0 Å². The van der Waals surface area contributed by atoms with Crippen LogP contribution in [0.25, 0.3) is 0 Å². The first-order chi connectivity index (χ1) is 14.9. The number of carbonyl (C=O) groups is 3. The van der Waals surface area contributed by atoms with Crippen LogP contribution in [0.3, 0.4) is 0 Å². The predicted molar refractivity (Wildman–Crippen MR) is 118 cm³/mol. The second kappa shape index (κ2) is 10.6. The Morgan fingerprint density at radius 1 is 1.00 bits per heavy atom. The van der Waals surface area contributed by atoms with Crippen molar-refractivity contribution in [1.29, 1.82) is 0 Å². The number of para-hydroxylation sites is 1. The number of rotatable bonds is 9. The van der Waals surface area contributed by atoms with Crippen LogP contribution in [0.2, 0.25) is 4.34 Å². The van der Waals surface area contributed by atoms with Gasteiger partial charge in [0.05, 0.1) is 21.7 Å². The van der Waals surface area contributed by atoms with E-state index >= 15 is 0 Å². The minimum Gasteiger partial charge on any atom is -0.457 e. The molecule has 160 valence electrons. The number of esters is 1. The van der Waals surface area contributed by atoms with E-state index in [-0.39, 0.29) is 12.2 Å². The molecule has 0 saturated heterocycles. The van der Waals surface area contributed by atoms with Crippen molar-refractivity contribution in [2.75, 3.05) is 6.61 Å². The van der Waals surface area contributed by atoms with Crippen molar-refractivity contribution >= 4 is 40.7 Å². The van der Waals surface area contributed by atoms with E-state index in [9.17, 15) is 14.4 Å². The number of benzene rings is 2. The second-order valence-corrected chi connectivity index (χ2v) is 8.16. The molecule has 2 amide bonds. The molecule has 9 heteroatoms. The van der Waals surface area contributed by atoms with Gasteiger partial charge >= 0.3 is 12.0 Å². The van der Waals surface area contributed by atoms with E-state index in [1.807, 2.05) is 18.2 Å². The fourth-order valence-corrected chi connectivity index (χ4v) is 3.72. The van der Waals surface area contributed by atoms with Gasteiger partial charge in [0, 0.05) is 0 Å². The van der Waals surface area contributed by atoms with E-state index in [4.69, 9.17) is 26.8 Å². The van der Waals surface area contributed by atoms with Crippen molar-refractivity contribution in [2.24, 2.45) is 5.73 Å². The third-order valence-electron chi connectivity index (χ3n) is 4.14. The SMILES string of the molecule is NC(=O)N[C@@H](CC(=O)OCC(=O)c1ccc(Cl)s1)c1cccc(Oc2ccccc2)c1. The number of thiophene rings is 1. The molecule has 3 aromatic rings. The lowest BCUT2D eigenvalue weighted by Gasteiger charge is -2.18. The lowest BCUT2D eigenvalue weighted by molar-refractivity contribution is -0.143. The first kappa shape index (κ1) is 22.3. The molecule has 0 saturated carbocycles. The summed E-state index contributed by atoms with van der Waals surface area (Å²) in [4.78, 5) is 36.2. The number of primary amides is 1. The summed E-state index contributed by atoms with van der Waals surface area (Å²) < 4.78 is 11.3. The zero-order chi connectivity index (χ0) is 22.2. The van der Waals surface area contributed by atoms with Crippen LogP contribution in [0.5, 0.6) is 11.5 Å². The number of amides is 2. The third-order valence-corrected chi connectivity index (χ3v) is 5.41. The minimum atomic E-state index is -0.795. The van der Waals surface area contributed by atoms with Gasteiger partial charge in [0.15, 0.2) is 6.61 Å². The van der Waals surface area contributed by atoms with Crippen LogP contribution >= 0.6 is 22.9 Å². The van der Waals surface area contributed by atoms with Crippen LogP contribution in [0.1, 0.15) is 27.7 Å². The maximum Gasteiger partial charge on any atom is 0.312 e.